The lowest BCUT2D eigenvalue weighted by atomic mass is 10.1. The second-order valence-corrected chi connectivity index (χ2v) is 9.25. The number of rotatable bonds is 8. The second-order valence-electron chi connectivity index (χ2n) is 8.18. The lowest BCUT2D eigenvalue weighted by Gasteiger charge is -2.30. The summed E-state index contributed by atoms with van der Waals surface area (Å²) >= 11 is 1.53. The van der Waals surface area contributed by atoms with Crippen molar-refractivity contribution in [3.63, 3.8) is 0 Å². The van der Waals surface area contributed by atoms with Crippen LogP contribution >= 0.6 is 11.8 Å². The van der Waals surface area contributed by atoms with E-state index in [9.17, 15) is 9.59 Å². The summed E-state index contributed by atoms with van der Waals surface area (Å²) in [6.07, 6.45) is 2.45. The smallest absolute Gasteiger partial charge is 0.308 e. The molecule has 0 aliphatic carbocycles. The van der Waals surface area contributed by atoms with Gasteiger partial charge < -0.3 is 14.2 Å². The van der Waals surface area contributed by atoms with E-state index in [0.717, 1.165) is 25.0 Å². The predicted molar refractivity (Wildman–Crippen MR) is 136 cm³/mol. The molecule has 0 bridgehead atoms. The van der Waals surface area contributed by atoms with Gasteiger partial charge in [-0.15, -0.1) is 10.2 Å². The van der Waals surface area contributed by atoms with Crippen LogP contribution in [0.4, 0.5) is 5.69 Å². The van der Waals surface area contributed by atoms with Crippen LogP contribution in [0.3, 0.4) is 0 Å². The van der Waals surface area contributed by atoms with Gasteiger partial charge in [-0.05, 0) is 30.7 Å². The topological polar surface area (TPSA) is 104 Å². The van der Waals surface area contributed by atoms with E-state index in [-0.39, 0.29) is 17.5 Å². The number of nitrogens with zero attached hydrogens (tertiary/aromatic N) is 4. The summed E-state index contributed by atoms with van der Waals surface area (Å²) in [5.74, 6) is 1.07. The average molecular weight is 509 g/mol. The van der Waals surface area contributed by atoms with E-state index >= 15 is 0 Å². The zero-order chi connectivity index (χ0) is 25.7. The van der Waals surface area contributed by atoms with Gasteiger partial charge in [0.25, 0.3) is 0 Å². The van der Waals surface area contributed by atoms with Crippen LogP contribution in [0.25, 0.3) is 11.3 Å². The molecule has 1 atom stereocenters. The molecule has 1 aliphatic heterocycles. The van der Waals surface area contributed by atoms with Crippen molar-refractivity contribution in [2.75, 3.05) is 17.8 Å². The fourth-order valence-corrected chi connectivity index (χ4v) is 4.70. The Bertz CT molecular complexity index is 1270. The normalized spacial score (nSPS) is 14.2. The van der Waals surface area contributed by atoms with Crippen LogP contribution in [0.15, 0.2) is 47.6 Å². The molecule has 4 rings (SSSR count). The maximum Gasteiger partial charge on any atom is 0.308 e. The maximum absolute atomic E-state index is 13.0. The minimum atomic E-state index is -0.875. The molecule has 36 heavy (non-hydrogen) atoms. The molecule has 188 valence electrons. The minimum absolute atomic E-state index is 0.231. The summed E-state index contributed by atoms with van der Waals surface area (Å²) in [5, 5.41) is 9.27. The Morgan fingerprint density at radius 2 is 1.89 bits per heavy atom. The molecule has 2 aromatic carbocycles. The van der Waals surface area contributed by atoms with Gasteiger partial charge in [0, 0.05) is 30.7 Å². The number of carbonyl (C=O) groups is 2. The molecule has 10 heteroatoms. The fraction of sp³-hybridized carbons (Fsp3) is 0.346. The molecule has 0 radical (unpaired) electrons. The first kappa shape index (κ1) is 25.4. The van der Waals surface area contributed by atoms with E-state index in [0.29, 0.717) is 33.4 Å². The minimum Gasteiger partial charge on any atom is -0.493 e. The number of hydrogen-bond acceptors (Lipinski definition) is 9. The standard InChI is InChI=1S/C26H28N4O5S/c1-5-6-9-14-36-26-27-24-23(28-29-26)19-10-7-8-11-20(19)30(16(2)31)25(35-24)18-12-13-21(34-17(3)32)22(15-18)33-4/h7-8,10-13,15,25H,5-6,9,14H2,1-4H3. The third-order valence-corrected chi connectivity index (χ3v) is 6.48. The number of unbranched alkanes of at least 4 members (excludes halogenated alkanes) is 2. The predicted octanol–water partition coefficient (Wildman–Crippen LogP) is 5.20. The van der Waals surface area contributed by atoms with E-state index in [4.69, 9.17) is 14.2 Å². The van der Waals surface area contributed by atoms with E-state index < -0.39 is 12.2 Å². The second kappa shape index (κ2) is 11.4. The Balaban J connectivity index is 1.80. The first-order valence-corrected chi connectivity index (χ1v) is 12.7. The van der Waals surface area contributed by atoms with Crippen LogP contribution in [0.1, 0.15) is 51.8 Å². The van der Waals surface area contributed by atoms with Gasteiger partial charge in [-0.3, -0.25) is 14.5 Å². The number of hydrogen-bond donors (Lipinski definition) is 0. The van der Waals surface area contributed by atoms with E-state index in [2.05, 4.69) is 22.1 Å². The SMILES string of the molecule is CCCCCSc1nnc2c(n1)OC(c1ccc(OC(C)=O)c(OC)c1)N(C(C)=O)c1ccccc1-2. The molecule has 0 fully saturated rings. The van der Waals surface area contributed by atoms with Gasteiger partial charge in [0.05, 0.1) is 12.8 Å². The summed E-state index contributed by atoms with van der Waals surface area (Å²) in [4.78, 5) is 30.7. The van der Waals surface area contributed by atoms with Crippen molar-refractivity contribution < 1.29 is 23.8 Å². The summed E-state index contributed by atoms with van der Waals surface area (Å²) in [7, 11) is 1.48. The number of amides is 1. The Kier molecular flexibility index (Phi) is 8.04. The molecule has 1 aromatic heterocycles. The largest absolute Gasteiger partial charge is 0.493 e. The van der Waals surface area contributed by atoms with Gasteiger partial charge in [-0.2, -0.15) is 4.98 Å². The number of thioether (sulfide) groups is 1. The van der Waals surface area contributed by atoms with Gasteiger partial charge in [0.1, 0.15) is 0 Å². The maximum atomic E-state index is 13.0. The molecule has 9 nitrogen and oxygen atoms in total. The number of esters is 1. The van der Waals surface area contributed by atoms with Crippen LogP contribution in [-0.2, 0) is 9.59 Å². The average Bonchev–Trinajstić information content (AvgIpc) is 3.01. The van der Waals surface area contributed by atoms with Crippen molar-refractivity contribution in [1.29, 1.82) is 0 Å². The summed E-state index contributed by atoms with van der Waals surface area (Å²) < 4.78 is 17.1. The quantitative estimate of drug-likeness (QED) is 0.176. The molecule has 3 aromatic rings. The lowest BCUT2D eigenvalue weighted by molar-refractivity contribution is -0.132. The third-order valence-electron chi connectivity index (χ3n) is 5.56. The first-order chi connectivity index (χ1) is 17.4. The number of ether oxygens (including phenoxy) is 3. The number of benzene rings is 2. The molecule has 1 unspecified atom stereocenters. The molecule has 0 saturated heterocycles. The van der Waals surface area contributed by atoms with E-state index in [1.54, 1.807) is 23.1 Å². The van der Waals surface area contributed by atoms with Crippen molar-refractivity contribution in [3.8, 4) is 28.6 Å². The number of carbonyl (C=O) groups excluding carboxylic acids is 2. The first-order valence-electron chi connectivity index (χ1n) is 11.7. The zero-order valence-corrected chi connectivity index (χ0v) is 21.5. The Morgan fingerprint density at radius 1 is 1.08 bits per heavy atom. The highest BCUT2D eigenvalue weighted by molar-refractivity contribution is 7.99. The van der Waals surface area contributed by atoms with Gasteiger partial charge in [-0.1, -0.05) is 49.7 Å². The number of fused-ring (bicyclic) bond motifs is 3. The molecule has 0 N–H and O–H groups in total. The highest BCUT2D eigenvalue weighted by atomic mass is 32.2. The van der Waals surface area contributed by atoms with Crippen LogP contribution < -0.4 is 19.1 Å². The van der Waals surface area contributed by atoms with Crippen LogP contribution in [-0.4, -0.2) is 39.9 Å². The lowest BCUT2D eigenvalue weighted by Crippen LogP contribution is -2.36. The molecule has 1 amide bonds. The summed E-state index contributed by atoms with van der Waals surface area (Å²) in [6, 6.07) is 12.4. The number of aromatic nitrogens is 3. The Morgan fingerprint density at radius 3 is 2.61 bits per heavy atom. The number of anilines is 1. The summed E-state index contributed by atoms with van der Waals surface area (Å²) in [6.45, 7) is 4.95. The van der Waals surface area contributed by atoms with Gasteiger partial charge in [0.15, 0.2) is 17.2 Å². The molecular formula is C26H28N4O5S. The van der Waals surface area contributed by atoms with Crippen molar-refractivity contribution in [2.24, 2.45) is 0 Å². The monoisotopic (exact) mass is 508 g/mol. The fourth-order valence-electron chi connectivity index (χ4n) is 3.92. The molecular weight excluding hydrogens is 480 g/mol. The third kappa shape index (κ3) is 5.43. The molecule has 0 spiro atoms. The molecule has 0 saturated carbocycles. The van der Waals surface area contributed by atoms with Crippen molar-refractivity contribution in [3.05, 3.63) is 48.0 Å². The summed E-state index contributed by atoms with van der Waals surface area (Å²) in [5.41, 5.74) is 2.38. The van der Waals surface area contributed by atoms with Crippen LogP contribution in [0.5, 0.6) is 17.4 Å². The van der Waals surface area contributed by atoms with Crippen molar-refractivity contribution in [1.82, 2.24) is 15.2 Å². The molecule has 1 aliphatic rings. The number of para-hydroxylation sites is 1. The van der Waals surface area contributed by atoms with Crippen molar-refractivity contribution in [2.45, 2.75) is 51.4 Å². The van der Waals surface area contributed by atoms with Gasteiger partial charge >= 0.3 is 5.97 Å². The van der Waals surface area contributed by atoms with E-state index in [1.165, 1.54) is 32.7 Å². The Hall–Kier alpha value is -3.66. The van der Waals surface area contributed by atoms with E-state index in [1.807, 2.05) is 24.3 Å². The van der Waals surface area contributed by atoms with Crippen LogP contribution in [0.2, 0.25) is 0 Å². The zero-order valence-electron chi connectivity index (χ0n) is 20.7. The van der Waals surface area contributed by atoms with Gasteiger partial charge in [-0.25, -0.2) is 0 Å². The van der Waals surface area contributed by atoms with Gasteiger partial charge in [0.2, 0.25) is 23.2 Å². The van der Waals surface area contributed by atoms with Crippen molar-refractivity contribution >= 4 is 29.3 Å². The molecule has 2 heterocycles. The van der Waals surface area contributed by atoms with Crippen LogP contribution in [0, 0.1) is 0 Å². The Labute approximate surface area is 214 Å². The highest BCUT2D eigenvalue weighted by Crippen LogP contribution is 2.44. The highest BCUT2D eigenvalue weighted by Gasteiger charge is 2.35. The number of methoxy groups -OCH3 is 1.